The molecule has 0 radical (unpaired) electrons. The lowest BCUT2D eigenvalue weighted by Gasteiger charge is -2.45. The standard InChI is InChI=1S/C27H38O/c1-17-7-6-8-24(18(17)2)27-25(19(3)22-9-10-22)15-21(13-14-28-5)16-26(27)20(4)23-11-12-23/h6-8,21-23,25-27H,3-4,9-16H2,1-2,5H3/t21?,25-,26+,27-. The van der Waals surface area contributed by atoms with Gasteiger partial charge in [-0.05, 0) is 111 Å². The molecular formula is C27H38O. The Morgan fingerprint density at radius 2 is 1.54 bits per heavy atom. The van der Waals surface area contributed by atoms with Crippen molar-refractivity contribution in [3.8, 4) is 0 Å². The summed E-state index contributed by atoms with van der Waals surface area (Å²) in [5, 5.41) is 0. The number of methoxy groups -OCH3 is 1. The van der Waals surface area contributed by atoms with Gasteiger partial charge >= 0.3 is 0 Å². The Hall–Kier alpha value is -1.34. The van der Waals surface area contributed by atoms with Crippen molar-refractivity contribution in [2.75, 3.05) is 13.7 Å². The molecular weight excluding hydrogens is 340 g/mol. The second kappa shape index (κ2) is 8.19. The number of aryl methyl sites for hydroxylation is 1. The first kappa shape index (κ1) is 20.0. The first-order valence-electron chi connectivity index (χ1n) is 11.4. The van der Waals surface area contributed by atoms with Crippen LogP contribution in [-0.2, 0) is 4.74 Å². The molecule has 3 aliphatic carbocycles. The predicted octanol–water partition coefficient (Wildman–Crippen LogP) is 7.00. The van der Waals surface area contributed by atoms with Crippen LogP contribution in [0, 0.1) is 43.4 Å². The van der Waals surface area contributed by atoms with Crippen molar-refractivity contribution < 1.29 is 4.74 Å². The average Bonchev–Trinajstić information content (AvgIpc) is 3.58. The van der Waals surface area contributed by atoms with E-state index in [0.717, 1.165) is 24.4 Å². The van der Waals surface area contributed by atoms with Gasteiger partial charge in [0.25, 0.3) is 0 Å². The molecule has 152 valence electrons. The van der Waals surface area contributed by atoms with Gasteiger partial charge in [-0.1, -0.05) is 42.5 Å². The van der Waals surface area contributed by atoms with Crippen LogP contribution in [-0.4, -0.2) is 13.7 Å². The van der Waals surface area contributed by atoms with Crippen molar-refractivity contribution in [2.45, 2.75) is 64.7 Å². The highest BCUT2D eigenvalue weighted by molar-refractivity contribution is 5.40. The lowest BCUT2D eigenvalue weighted by Crippen LogP contribution is -2.35. The van der Waals surface area contributed by atoms with E-state index in [1.165, 1.54) is 56.1 Å². The van der Waals surface area contributed by atoms with Crippen LogP contribution in [0.3, 0.4) is 0 Å². The van der Waals surface area contributed by atoms with Crippen LogP contribution in [0.4, 0.5) is 0 Å². The van der Waals surface area contributed by atoms with Crippen LogP contribution in [0.25, 0.3) is 0 Å². The maximum atomic E-state index is 5.46. The normalized spacial score (nSPS) is 30.2. The van der Waals surface area contributed by atoms with Crippen molar-refractivity contribution in [3.05, 3.63) is 59.2 Å². The highest BCUT2D eigenvalue weighted by Gasteiger charge is 2.46. The minimum Gasteiger partial charge on any atom is -0.385 e. The van der Waals surface area contributed by atoms with Crippen LogP contribution in [0.5, 0.6) is 0 Å². The largest absolute Gasteiger partial charge is 0.385 e. The van der Waals surface area contributed by atoms with E-state index in [0.29, 0.717) is 17.8 Å². The molecule has 0 bridgehead atoms. The van der Waals surface area contributed by atoms with Gasteiger partial charge in [-0.3, -0.25) is 0 Å². The SMILES string of the molecule is C=C(C1CC1)[C@H]1CC(CCOC)C[C@@H](C(=C)C2CC2)[C@@H]1c1cccc(C)c1C. The first-order chi connectivity index (χ1) is 13.5. The fourth-order valence-electron chi connectivity index (χ4n) is 5.75. The molecule has 3 fully saturated rings. The summed E-state index contributed by atoms with van der Waals surface area (Å²) in [5.74, 6) is 4.05. The Morgan fingerprint density at radius 1 is 0.964 bits per heavy atom. The third-order valence-corrected chi connectivity index (χ3v) is 7.93. The molecule has 0 amide bonds. The highest BCUT2D eigenvalue weighted by Crippen LogP contribution is 2.57. The molecule has 0 N–H and O–H groups in total. The number of rotatable bonds is 8. The Balaban J connectivity index is 1.72. The number of ether oxygens (including phenoxy) is 1. The van der Waals surface area contributed by atoms with Crippen LogP contribution < -0.4 is 0 Å². The molecule has 3 aliphatic rings. The molecule has 0 aromatic heterocycles. The van der Waals surface area contributed by atoms with Gasteiger partial charge in [0.2, 0.25) is 0 Å². The molecule has 0 heterocycles. The molecule has 4 rings (SSSR count). The van der Waals surface area contributed by atoms with E-state index in [4.69, 9.17) is 4.74 Å². The minimum atomic E-state index is 0.569. The molecule has 28 heavy (non-hydrogen) atoms. The van der Waals surface area contributed by atoms with E-state index in [9.17, 15) is 0 Å². The predicted molar refractivity (Wildman–Crippen MR) is 119 cm³/mol. The third kappa shape index (κ3) is 4.01. The van der Waals surface area contributed by atoms with Crippen LogP contribution in [0.15, 0.2) is 42.5 Å². The molecule has 0 aliphatic heterocycles. The molecule has 3 saturated carbocycles. The summed E-state index contributed by atoms with van der Waals surface area (Å²) in [7, 11) is 1.84. The summed E-state index contributed by atoms with van der Waals surface area (Å²) in [5.41, 5.74) is 7.57. The van der Waals surface area contributed by atoms with Gasteiger partial charge in [-0.25, -0.2) is 0 Å². The smallest absolute Gasteiger partial charge is 0.0464 e. The summed E-state index contributed by atoms with van der Waals surface area (Å²) in [6, 6.07) is 6.93. The zero-order valence-electron chi connectivity index (χ0n) is 18.2. The molecule has 1 nitrogen and oxygen atoms in total. The monoisotopic (exact) mass is 378 g/mol. The number of hydrogen-bond acceptors (Lipinski definition) is 1. The van der Waals surface area contributed by atoms with E-state index in [1.54, 1.807) is 16.7 Å². The summed E-state index contributed by atoms with van der Waals surface area (Å²) >= 11 is 0. The Labute approximate surface area is 172 Å². The molecule has 0 saturated heterocycles. The highest BCUT2D eigenvalue weighted by atomic mass is 16.5. The molecule has 1 aromatic carbocycles. The maximum absolute atomic E-state index is 5.46. The molecule has 0 spiro atoms. The van der Waals surface area contributed by atoms with E-state index >= 15 is 0 Å². The van der Waals surface area contributed by atoms with E-state index < -0.39 is 0 Å². The zero-order valence-corrected chi connectivity index (χ0v) is 18.2. The summed E-state index contributed by atoms with van der Waals surface area (Å²) in [6.45, 7) is 14.8. The first-order valence-corrected chi connectivity index (χ1v) is 11.4. The quantitative estimate of drug-likeness (QED) is 0.443. The molecule has 1 aromatic rings. The van der Waals surface area contributed by atoms with Crippen molar-refractivity contribution >= 4 is 0 Å². The number of benzene rings is 1. The minimum absolute atomic E-state index is 0.569. The van der Waals surface area contributed by atoms with Gasteiger partial charge < -0.3 is 4.74 Å². The lowest BCUT2D eigenvalue weighted by atomic mass is 9.59. The van der Waals surface area contributed by atoms with Gasteiger partial charge in [-0.15, -0.1) is 0 Å². The van der Waals surface area contributed by atoms with Crippen molar-refractivity contribution in [1.82, 2.24) is 0 Å². The summed E-state index contributed by atoms with van der Waals surface area (Å²) < 4.78 is 5.46. The van der Waals surface area contributed by atoms with Gasteiger partial charge in [0.1, 0.15) is 0 Å². The Morgan fingerprint density at radius 3 is 2.04 bits per heavy atom. The number of allylic oxidation sites excluding steroid dienone is 2. The van der Waals surface area contributed by atoms with Crippen LogP contribution in [0.1, 0.15) is 67.6 Å². The molecule has 1 heteroatoms. The second-order valence-corrected chi connectivity index (χ2v) is 9.85. The molecule has 4 atom stereocenters. The van der Waals surface area contributed by atoms with Gasteiger partial charge in [0.05, 0.1) is 0 Å². The van der Waals surface area contributed by atoms with E-state index in [2.05, 4.69) is 45.2 Å². The van der Waals surface area contributed by atoms with Crippen LogP contribution in [0.2, 0.25) is 0 Å². The zero-order chi connectivity index (χ0) is 19.8. The maximum Gasteiger partial charge on any atom is 0.0464 e. The summed E-state index contributed by atoms with van der Waals surface area (Å²) in [4.78, 5) is 0. The van der Waals surface area contributed by atoms with Gasteiger partial charge in [0, 0.05) is 13.7 Å². The topological polar surface area (TPSA) is 9.23 Å². The third-order valence-electron chi connectivity index (χ3n) is 7.93. The van der Waals surface area contributed by atoms with Gasteiger partial charge in [-0.2, -0.15) is 0 Å². The Bertz CT molecular complexity index is 703. The van der Waals surface area contributed by atoms with E-state index in [1.807, 2.05) is 7.11 Å². The van der Waals surface area contributed by atoms with E-state index in [-0.39, 0.29) is 0 Å². The fourth-order valence-corrected chi connectivity index (χ4v) is 5.75. The average molecular weight is 379 g/mol. The van der Waals surface area contributed by atoms with Gasteiger partial charge in [0.15, 0.2) is 0 Å². The fraction of sp³-hybridized carbons (Fsp3) is 0.630. The number of hydrogen-bond donors (Lipinski definition) is 0. The van der Waals surface area contributed by atoms with Crippen molar-refractivity contribution in [2.24, 2.45) is 29.6 Å². The van der Waals surface area contributed by atoms with Crippen molar-refractivity contribution in [1.29, 1.82) is 0 Å². The van der Waals surface area contributed by atoms with Crippen molar-refractivity contribution in [3.63, 3.8) is 0 Å². The molecule has 1 unspecified atom stereocenters. The lowest BCUT2D eigenvalue weighted by molar-refractivity contribution is 0.132. The summed E-state index contributed by atoms with van der Waals surface area (Å²) in [6.07, 6.45) is 9.16. The second-order valence-electron chi connectivity index (χ2n) is 9.85. The van der Waals surface area contributed by atoms with Crippen LogP contribution >= 0.6 is 0 Å². The Kier molecular flexibility index (Phi) is 5.83.